The number of allylic oxidation sites excluding steroid dienone is 1. The molecule has 0 bridgehead atoms. The van der Waals surface area contributed by atoms with Gasteiger partial charge in [0.05, 0.1) is 0 Å². The maximum atomic E-state index is 11.5. The Kier molecular flexibility index (Phi) is 7.43. The lowest BCUT2D eigenvalue weighted by molar-refractivity contribution is -0.148. The number of hydrogen-bond acceptors (Lipinski definition) is 2. The van der Waals surface area contributed by atoms with Crippen molar-refractivity contribution in [1.82, 2.24) is 0 Å². The molecule has 0 radical (unpaired) electrons. The molecule has 0 amide bonds. The zero-order valence-corrected chi connectivity index (χ0v) is 22.8. The minimum Gasteiger partial charge on any atom is -0.462 e. The molecular weight excluding hydrogens is 404 g/mol. The molecule has 0 unspecified atom stereocenters. The maximum Gasteiger partial charge on any atom is 0.302 e. The Labute approximate surface area is 204 Å². The van der Waals surface area contributed by atoms with E-state index in [2.05, 4.69) is 47.6 Å². The van der Waals surface area contributed by atoms with Crippen molar-refractivity contribution in [3.63, 3.8) is 0 Å². The van der Waals surface area contributed by atoms with Gasteiger partial charge in [-0.05, 0) is 104 Å². The highest BCUT2D eigenvalue weighted by atomic mass is 16.5. The third-order valence-electron chi connectivity index (χ3n) is 11.6. The molecule has 33 heavy (non-hydrogen) atoms. The van der Waals surface area contributed by atoms with Crippen molar-refractivity contribution < 1.29 is 9.53 Å². The van der Waals surface area contributed by atoms with E-state index in [1.807, 2.05) is 0 Å². The van der Waals surface area contributed by atoms with E-state index in [9.17, 15) is 4.79 Å². The van der Waals surface area contributed by atoms with Crippen LogP contribution in [0.15, 0.2) is 11.6 Å². The molecule has 4 aliphatic rings. The molecular formula is C31H52O2. The second kappa shape index (κ2) is 9.69. The van der Waals surface area contributed by atoms with Crippen LogP contribution in [-0.4, -0.2) is 12.1 Å². The molecule has 0 aromatic carbocycles. The summed E-state index contributed by atoms with van der Waals surface area (Å²) < 4.78 is 5.63. The average Bonchev–Trinajstić information content (AvgIpc) is 3.11. The number of esters is 1. The maximum absolute atomic E-state index is 11.5. The number of rotatable bonds is 7. The topological polar surface area (TPSA) is 26.3 Å². The molecule has 188 valence electrons. The van der Waals surface area contributed by atoms with Crippen LogP contribution in [0.1, 0.15) is 119 Å². The highest BCUT2D eigenvalue weighted by Crippen LogP contribution is 2.67. The minimum absolute atomic E-state index is 0.113. The van der Waals surface area contributed by atoms with Crippen molar-refractivity contribution >= 4 is 5.97 Å². The van der Waals surface area contributed by atoms with Gasteiger partial charge in [0.25, 0.3) is 0 Å². The molecule has 2 nitrogen and oxygen atoms in total. The lowest BCUT2D eigenvalue weighted by atomic mass is 9.47. The van der Waals surface area contributed by atoms with Crippen LogP contribution in [0, 0.1) is 52.3 Å². The molecule has 0 N–H and O–H groups in total. The van der Waals surface area contributed by atoms with Crippen molar-refractivity contribution in [3.8, 4) is 0 Å². The van der Waals surface area contributed by atoms with E-state index >= 15 is 0 Å². The van der Waals surface area contributed by atoms with Gasteiger partial charge in [-0.15, -0.1) is 0 Å². The molecule has 3 saturated carbocycles. The lowest BCUT2D eigenvalue weighted by Crippen LogP contribution is -2.51. The van der Waals surface area contributed by atoms with E-state index in [1.165, 1.54) is 57.8 Å². The van der Waals surface area contributed by atoms with Gasteiger partial charge < -0.3 is 4.74 Å². The highest BCUT2D eigenvalue weighted by molar-refractivity contribution is 5.66. The highest BCUT2D eigenvalue weighted by Gasteiger charge is 2.59. The lowest BCUT2D eigenvalue weighted by Gasteiger charge is -2.58. The number of carbonyl (C=O) groups excluding carboxylic acids is 1. The van der Waals surface area contributed by atoms with Crippen LogP contribution in [0.3, 0.4) is 0 Å². The van der Waals surface area contributed by atoms with E-state index in [1.54, 1.807) is 12.5 Å². The van der Waals surface area contributed by atoms with E-state index in [-0.39, 0.29) is 12.1 Å². The number of ether oxygens (including phenoxy) is 1. The zero-order valence-electron chi connectivity index (χ0n) is 22.8. The van der Waals surface area contributed by atoms with Crippen molar-refractivity contribution in [2.45, 2.75) is 125 Å². The van der Waals surface area contributed by atoms with Crippen molar-refractivity contribution in [2.24, 2.45) is 52.3 Å². The summed E-state index contributed by atoms with van der Waals surface area (Å²) in [7, 11) is 0. The predicted molar refractivity (Wildman–Crippen MR) is 138 cm³/mol. The minimum atomic E-state index is -0.115. The summed E-state index contributed by atoms with van der Waals surface area (Å²) in [5.74, 6) is 6.03. The van der Waals surface area contributed by atoms with Crippen LogP contribution in [0.4, 0.5) is 0 Å². The van der Waals surface area contributed by atoms with E-state index < -0.39 is 0 Å². The number of fused-ring (bicyclic) bond motifs is 5. The molecule has 0 aromatic heterocycles. The first-order valence-corrected chi connectivity index (χ1v) is 14.5. The van der Waals surface area contributed by atoms with E-state index in [0.29, 0.717) is 10.8 Å². The molecule has 0 spiro atoms. The van der Waals surface area contributed by atoms with E-state index in [4.69, 9.17) is 4.74 Å². The fourth-order valence-electron chi connectivity index (χ4n) is 9.63. The monoisotopic (exact) mass is 456 g/mol. The molecule has 3 fully saturated rings. The van der Waals surface area contributed by atoms with Gasteiger partial charge in [-0.25, -0.2) is 0 Å². The van der Waals surface area contributed by atoms with E-state index in [0.717, 1.165) is 54.3 Å². The average molecular weight is 457 g/mol. The SMILES string of the molecule is CC[C@H](CC[C@@H](C)[C@@H]1CC[C@H]2[C@@H]3CC=C4C[C@@H](OC(C)=O)CC[C@]4(C)[C@H]3CC[C@@]21C)C(C)C. The first kappa shape index (κ1) is 25.3. The molecule has 0 aliphatic heterocycles. The Hall–Kier alpha value is -0.790. The summed E-state index contributed by atoms with van der Waals surface area (Å²) in [5, 5.41) is 0. The Balaban J connectivity index is 1.46. The van der Waals surface area contributed by atoms with Crippen LogP contribution in [0.25, 0.3) is 0 Å². The normalized spacial score (nSPS) is 42.1. The van der Waals surface area contributed by atoms with Crippen LogP contribution < -0.4 is 0 Å². The van der Waals surface area contributed by atoms with Gasteiger partial charge in [-0.2, -0.15) is 0 Å². The predicted octanol–water partition coefficient (Wildman–Crippen LogP) is 8.60. The van der Waals surface area contributed by atoms with Crippen LogP contribution in [0.5, 0.6) is 0 Å². The first-order chi connectivity index (χ1) is 15.6. The zero-order chi connectivity index (χ0) is 24.0. The first-order valence-electron chi connectivity index (χ1n) is 14.5. The van der Waals surface area contributed by atoms with Crippen LogP contribution >= 0.6 is 0 Å². The third kappa shape index (κ3) is 4.58. The summed E-state index contributed by atoms with van der Waals surface area (Å²) in [6.45, 7) is 16.6. The quantitative estimate of drug-likeness (QED) is 0.283. The van der Waals surface area contributed by atoms with Crippen LogP contribution in [0.2, 0.25) is 0 Å². The van der Waals surface area contributed by atoms with Gasteiger partial charge in [0.15, 0.2) is 0 Å². The number of hydrogen-bond donors (Lipinski definition) is 0. The van der Waals surface area contributed by atoms with Gasteiger partial charge in [0.1, 0.15) is 6.10 Å². The summed E-state index contributed by atoms with van der Waals surface area (Å²) in [6, 6.07) is 0. The van der Waals surface area contributed by atoms with Gasteiger partial charge in [-0.1, -0.05) is 66.0 Å². The Bertz CT molecular complexity index is 737. The summed E-state index contributed by atoms with van der Waals surface area (Å²) in [6.07, 6.45) is 17.2. The molecule has 9 atom stereocenters. The van der Waals surface area contributed by atoms with Crippen molar-refractivity contribution in [2.75, 3.05) is 0 Å². The molecule has 2 heteroatoms. The fourth-order valence-corrected chi connectivity index (χ4v) is 9.63. The second-order valence-corrected chi connectivity index (χ2v) is 13.4. The Morgan fingerprint density at radius 1 is 1.06 bits per heavy atom. The van der Waals surface area contributed by atoms with Crippen LogP contribution in [-0.2, 0) is 9.53 Å². The molecule has 0 heterocycles. The van der Waals surface area contributed by atoms with Gasteiger partial charge in [-0.3, -0.25) is 4.79 Å². The summed E-state index contributed by atoms with van der Waals surface area (Å²) >= 11 is 0. The van der Waals surface area contributed by atoms with Crippen molar-refractivity contribution in [3.05, 3.63) is 11.6 Å². The van der Waals surface area contributed by atoms with Crippen molar-refractivity contribution in [1.29, 1.82) is 0 Å². The van der Waals surface area contributed by atoms with Gasteiger partial charge >= 0.3 is 5.97 Å². The second-order valence-electron chi connectivity index (χ2n) is 13.4. The van der Waals surface area contributed by atoms with Gasteiger partial charge in [0, 0.05) is 13.3 Å². The summed E-state index contributed by atoms with van der Waals surface area (Å²) in [4.78, 5) is 11.5. The molecule has 0 aromatic rings. The third-order valence-corrected chi connectivity index (χ3v) is 11.6. The molecule has 4 aliphatic carbocycles. The smallest absolute Gasteiger partial charge is 0.302 e. The fraction of sp³-hybridized carbons (Fsp3) is 0.903. The molecule has 4 rings (SSSR count). The Morgan fingerprint density at radius 3 is 2.48 bits per heavy atom. The largest absolute Gasteiger partial charge is 0.462 e. The standard InChI is InChI=1S/C31H52O2/c1-8-23(20(2)3)10-9-21(4)27-13-14-28-26-12-11-24-19-25(33-22(5)32)15-17-30(24,6)29(26)16-18-31(27,28)7/h11,20-21,23,25-29H,8-10,12-19H2,1-7H3/t21-,23-,25+,26+,27+,28+,29+,30+,31-/m1/s1. The Morgan fingerprint density at radius 2 is 1.82 bits per heavy atom. The number of carbonyl (C=O) groups is 1. The summed E-state index contributed by atoms with van der Waals surface area (Å²) in [5.41, 5.74) is 2.51. The molecule has 0 saturated heterocycles. The van der Waals surface area contributed by atoms with Gasteiger partial charge in [0.2, 0.25) is 0 Å².